The van der Waals surface area contributed by atoms with E-state index < -0.39 is 0 Å². The van der Waals surface area contributed by atoms with Gasteiger partial charge in [0.2, 0.25) is 0 Å². The van der Waals surface area contributed by atoms with Gasteiger partial charge in [0.25, 0.3) is 0 Å². The molecule has 1 atom stereocenters. The minimum atomic E-state index is -0.198. The van der Waals surface area contributed by atoms with Crippen LogP contribution in [0.15, 0.2) is 24.3 Å². The van der Waals surface area contributed by atoms with Crippen molar-refractivity contribution in [1.29, 1.82) is 0 Å². The second-order valence-corrected chi connectivity index (χ2v) is 4.89. The highest BCUT2D eigenvalue weighted by Crippen LogP contribution is 2.26. The van der Waals surface area contributed by atoms with E-state index in [1.165, 1.54) is 12.1 Å². The SMILES string of the molecule is CCC(C)(C)C(Cc1ccc(F)cc1)NN. The fourth-order valence-electron chi connectivity index (χ4n) is 1.66. The summed E-state index contributed by atoms with van der Waals surface area (Å²) in [6, 6.07) is 6.79. The number of benzene rings is 1. The fourth-order valence-corrected chi connectivity index (χ4v) is 1.66. The molecule has 1 aromatic carbocycles. The number of halogens is 1. The van der Waals surface area contributed by atoms with Crippen LogP contribution in [0.1, 0.15) is 32.8 Å². The maximum atomic E-state index is 12.8. The third-order valence-corrected chi connectivity index (χ3v) is 3.41. The van der Waals surface area contributed by atoms with E-state index in [0.29, 0.717) is 0 Å². The summed E-state index contributed by atoms with van der Waals surface area (Å²) in [6.07, 6.45) is 1.86. The lowest BCUT2D eigenvalue weighted by Crippen LogP contribution is -2.46. The molecule has 0 aliphatic carbocycles. The van der Waals surface area contributed by atoms with E-state index in [4.69, 9.17) is 5.84 Å². The van der Waals surface area contributed by atoms with Crippen molar-refractivity contribution in [2.45, 2.75) is 39.7 Å². The standard InChI is InChI=1S/C13H21FN2/c1-4-13(2,3)12(16-15)9-10-5-7-11(14)8-6-10/h5-8,12,16H,4,9,15H2,1-3H3. The van der Waals surface area contributed by atoms with Gasteiger partial charge in [0.15, 0.2) is 0 Å². The average Bonchev–Trinajstić information content (AvgIpc) is 2.28. The van der Waals surface area contributed by atoms with Crippen molar-refractivity contribution in [2.24, 2.45) is 11.3 Å². The van der Waals surface area contributed by atoms with E-state index in [1.54, 1.807) is 0 Å². The Kier molecular flexibility index (Phi) is 4.44. The Labute approximate surface area is 97.0 Å². The zero-order chi connectivity index (χ0) is 12.2. The molecule has 0 amide bonds. The van der Waals surface area contributed by atoms with Crippen LogP contribution in [0.25, 0.3) is 0 Å². The van der Waals surface area contributed by atoms with Crippen molar-refractivity contribution in [3.05, 3.63) is 35.6 Å². The van der Waals surface area contributed by atoms with Gasteiger partial charge in [0.1, 0.15) is 5.82 Å². The first-order valence-corrected chi connectivity index (χ1v) is 5.70. The Morgan fingerprint density at radius 1 is 1.31 bits per heavy atom. The van der Waals surface area contributed by atoms with Gasteiger partial charge in [0, 0.05) is 6.04 Å². The smallest absolute Gasteiger partial charge is 0.123 e. The van der Waals surface area contributed by atoms with Crippen molar-refractivity contribution in [2.75, 3.05) is 0 Å². The molecule has 3 N–H and O–H groups in total. The highest BCUT2D eigenvalue weighted by molar-refractivity contribution is 5.17. The molecule has 0 fully saturated rings. The summed E-state index contributed by atoms with van der Waals surface area (Å²) in [5, 5.41) is 0. The Hall–Kier alpha value is -0.930. The molecular weight excluding hydrogens is 203 g/mol. The zero-order valence-electron chi connectivity index (χ0n) is 10.3. The van der Waals surface area contributed by atoms with E-state index >= 15 is 0 Å². The molecule has 16 heavy (non-hydrogen) atoms. The van der Waals surface area contributed by atoms with E-state index in [0.717, 1.165) is 18.4 Å². The third-order valence-electron chi connectivity index (χ3n) is 3.41. The monoisotopic (exact) mass is 224 g/mol. The molecule has 1 aromatic rings. The van der Waals surface area contributed by atoms with Crippen LogP contribution in [0.3, 0.4) is 0 Å². The van der Waals surface area contributed by atoms with Crippen LogP contribution in [0, 0.1) is 11.2 Å². The molecule has 0 bridgehead atoms. The van der Waals surface area contributed by atoms with Crippen LogP contribution in [0.4, 0.5) is 4.39 Å². The third kappa shape index (κ3) is 3.29. The lowest BCUT2D eigenvalue weighted by Gasteiger charge is -2.33. The normalized spacial score (nSPS) is 13.8. The Bertz CT molecular complexity index is 319. The maximum Gasteiger partial charge on any atom is 0.123 e. The van der Waals surface area contributed by atoms with Gasteiger partial charge in [0.05, 0.1) is 0 Å². The van der Waals surface area contributed by atoms with E-state index in [1.807, 2.05) is 12.1 Å². The van der Waals surface area contributed by atoms with Gasteiger partial charge in [-0.1, -0.05) is 32.9 Å². The molecule has 0 aliphatic rings. The largest absolute Gasteiger partial charge is 0.271 e. The summed E-state index contributed by atoms with van der Waals surface area (Å²) in [5.74, 6) is 5.39. The number of nitrogens with one attached hydrogen (secondary N) is 1. The summed E-state index contributed by atoms with van der Waals surface area (Å²) in [4.78, 5) is 0. The van der Waals surface area contributed by atoms with Crippen LogP contribution < -0.4 is 11.3 Å². The summed E-state index contributed by atoms with van der Waals surface area (Å²) in [6.45, 7) is 6.51. The highest BCUT2D eigenvalue weighted by atomic mass is 19.1. The van der Waals surface area contributed by atoms with Crippen molar-refractivity contribution in [1.82, 2.24) is 5.43 Å². The second kappa shape index (κ2) is 5.41. The zero-order valence-corrected chi connectivity index (χ0v) is 10.3. The molecule has 2 nitrogen and oxygen atoms in total. The van der Waals surface area contributed by atoms with Gasteiger partial charge in [-0.15, -0.1) is 0 Å². The lowest BCUT2D eigenvalue weighted by molar-refractivity contribution is 0.231. The molecule has 90 valence electrons. The van der Waals surface area contributed by atoms with Gasteiger partial charge in [-0.25, -0.2) is 4.39 Å². The number of nitrogens with two attached hydrogens (primary N) is 1. The maximum absolute atomic E-state index is 12.8. The summed E-state index contributed by atoms with van der Waals surface area (Å²) in [7, 11) is 0. The van der Waals surface area contributed by atoms with Gasteiger partial charge in [-0.3, -0.25) is 11.3 Å². The van der Waals surface area contributed by atoms with E-state index in [9.17, 15) is 4.39 Å². The molecule has 0 aliphatic heterocycles. The Balaban J connectivity index is 2.74. The van der Waals surface area contributed by atoms with Crippen molar-refractivity contribution in [3.8, 4) is 0 Å². The average molecular weight is 224 g/mol. The fraction of sp³-hybridized carbons (Fsp3) is 0.538. The predicted octanol–water partition coefficient (Wildman–Crippen LogP) is 2.64. The molecule has 3 heteroatoms. The van der Waals surface area contributed by atoms with Crippen LogP contribution >= 0.6 is 0 Å². The van der Waals surface area contributed by atoms with E-state index in [2.05, 4.69) is 26.2 Å². The molecule has 0 saturated carbocycles. The van der Waals surface area contributed by atoms with Crippen molar-refractivity contribution in [3.63, 3.8) is 0 Å². The minimum Gasteiger partial charge on any atom is -0.271 e. The summed E-state index contributed by atoms with van der Waals surface area (Å²) >= 11 is 0. The topological polar surface area (TPSA) is 38.0 Å². The van der Waals surface area contributed by atoms with Crippen LogP contribution in [0.5, 0.6) is 0 Å². The first-order chi connectivity index (χ1) is 7.49. The van der Waals surface area contributed by atoms with Crippen molar-refractivity contribution < 1.29 is 4.39 Å². The molecular formula is C13H21FN2. The van der Waals surface area contributed by atoms with Gasteiger partial charge in [-0.05, 0) is 36.0 Å². The lowest BCUT2D eigenvalue weighted by atomic mass is 9.79. The predicted molar refractivity (Wildman–Crippen MR) is 65.3 cm³/mol. The molecule has 0 heterocycles. The molecule has 0 saturated heterocycles. The molecule has 0 spiro atoms. The van der Waals surface area contributed by atoms with Crippen LogP contribution in [-0.2, 0) is 6.42 Å². The molecule has 0 aromatic heterocycles. The first kappa shape index (κ1) is 13.1. The number of hydrazine groups is 1. The Morgan fingerprint density at radius 2 is 1.88 bits per heavy atom. The van der Waals surface area contributed by atoms with Crippen molar-refractivity contribution >= 4 is 0 Å². The Morgan fingerprint density at radius 3 is 2.31 bits per heavy atom. The highest BCUT2D eigenvalue weighted by Gasteiger charge is 2.26. The quantitative estimate of drug-likeness (QED) is 0.596. The molecule has 1 rings (SSSR count). The minimum absolute atomic E-state index is 0.128. The first-order valence-electron chi connectivity index (χ1n) is 5.70. The van der Waals surface area contributed by atoms with Gasteiger partial charge < -0.3 is 0 Å². The summed E-state index contributed by atoms with van der Waals surface area (Å²) < 4.78 is 12.8. The van der Waals surface area contributed by atoms with Gasteiger partial charge in [-0.2, -0.15) is 0 Å². The van der Waals surface area contributed by atoms with Crippen LogP contribution in [0.2, 0.25) is 0 Å². The molecule has 1 unspecified atom stereocenters. The number of rotatable bonds is 5. The summed E-state index contributed by atoms with van der Waals surface area (Å²) in [5.41, 5.74) is 4.09. The molecule has 0 radical (unpaired) electrons. The number of hydrogen-bond acceptors (Lipinski definition) is 2. The van der Waals surface area contributed by atoms with Crippen LogP contribution in [-0.4, -0.2) is 6.04 Å². The van der Waals surface area contributed by atoms with Gasteiger partial charge >= 0.3 is 0 Å². The number of hydrogen-bond donors (Lipinski definition) is 2. The van der Waals surface area contributed by atoms with E-state index in [-0.39, 0.29) is 17.3 Å². The second-order valence-electron chi connectivity index (χ2n) is 4.89.